The highest BCUT2D eigenvalue weighted by molar-refractivity contribution is 5.88. The average molecular weight is 126 g/mol. The first-order valence-electron chi connectivity index (χ1n) is 3.07. The average Bonchev–Trinajstić information content (AvgIpc) is 2.15. The van der Waals surface area contributed by atoms with Crippen LogP contribution in [0.3, 0.4) is 0 Å². The fourth-order valence-electron chi connectivity index (χ4n) is 0.880. The first-order valence-corrected chi connectivity index (χ1v) is 3.07. The van der Waals surface area contributed by atoms with Gasteiger partial charge in [-0.1, -0.05) is 0 Å². The molecule has 1 aliphatic heterocycles. The van der Waals surface area contributed by atoms with Crippen LogP contribution in [0.4, 0.5) is 0 Å². The van der Waals surface area contributed by atoms with E-state index in [1.165, 1.54) is 0 Å². The Kier molecular flexibility index (Phi) is 2.01. The summed E-state index contributed by atoms with van der Waals surface area (Å²) < 4.78 is 5.04. The van der Waals surface area contributed by atoms with Crippen molar-refractivity contribution in [2.45, 2.75) is 13.3 Å². The standard InChI is InChI=1S/C7H10O2/c1-6(8)4-7-2-3-9-5-7/h4H,2-3,5H2,1H3. The van der Waals surface area contributed by atoms with Crippen LogP contribution in [0.25, 0.3) is 0 Å². The summed E-state index contributed by atoms with van der Waals surface area (Å²) in [5, 5.41) is 0. The topological polar surface area (TPSA) is 26.3 Å². The van der Waals surface area contributed by atoms with Crippen molar-refractivity contribution in [2.75, 3.05) is 13.2 Å². The van der Waals surface area contributed by atoms with Crippen molar-refractivity contribution in [1.29, 1.82) is 0 Å². The summed E-state index contributed by atoms with van der Waals surface area (Å²) in [6.07, 6.45) is 2.59. The number of ether oxygens (including phenoxy) is 1. The van der Waals surface area contributed by atoms with Gasteiger partial charge in [0.2, 0.25) is 0 Å². The Morgan fingerprint density at radius 2 is 2.56 bits per heavy atom. The molecule has 9 heavy (non-hydrogen) atoms. The molecule has 0 N–H and O–H groups in total. The summed E-state index contributed by atoms with van der Waals surface area (Å²) in [7, 11) is 0. The van der Waals surface area contributed by atoms with Crippen LogP contribution >= 0.6 is 0 Å². The van der Waals surface area contributed by atoms with Gasteiger partial charge in [-0.05, 0) is 25.0 Å². The lowest BCUT2D eigenvalue weighted by Gasteiger charge is -1.87. The molecule has 0 unspecified atom stereocenters. The van der Waals surface area contributed by atoms with Gasteiger partial charge in [-0.15, -0.1) is 0 Å². The molecule has 0 amide bonds. The van der Waals surface area contributed by atoms with E-state index in [4.69, 9.17) is 4.74 Å². The van der Waals surface area contributed by atoms with Crippen LogP contribution in [-0.2, 0) is 9.53 Å². The molecular formula is C7H10O2. The fourth-order valence-corrected chi connectivity index (χ4v) is 0.880. The first kappa shape index (κ1) is 6.49. The molecule has 0 aliphatic carbocycles. The number of ketones is 1. The highest BCUT2D eigenvalue weighted by Gasteiger charge is 2.06. The molecule has 0 aromatic rings. The lowest BCUT2D eigenvalue weighted by molar-refractivity contribution is -0.112. The first-order chi connectivity index (χ1) is 4.29. The number of allylic oxidation sites excluding steroid dienone is 1. The fraction of sp³-hybridized carbons (Fsp3) is 0.571. The molecule has 1 heterocycles. The minimum absolute atomic E-state index is 0.121. The van der Waals surface area contributed by atoms with Crippen molar-refractivity contribution < 1.29 is 9.53 Å². The molecule has 1 fully saturated rings. The lowest BCUT2D eigenvalue weighted by atomic mass is 10.2. The maximum Gasteiger partial charge on any atom is 0.152 e. The van der Waals surface area contributed by atoms with Crippen LogP contribution in [0.5, 0.6) is 0 Å². The Balaban J connectivity index is 2.49. The maximum absolute atomic E-state index is 10.5. The Labute approximate surface area is 54.5 Å². The summed E-state index contributed by atoms with van der Waals surface area (Å²) in [6.45, 7) is 2.99. The second kappa shape index (κ2) is 2.78. The van der Waals surface area contributed by atoms with E-state index >= 15 is 0 Å². The molecule has 0 atom stereocenters. The number of rotatable bonds is 1. The molecule has 2 heteroatoms. The smallest absolute Gasteiger partial charge is 0.152 e. The minimum Gasteiger partial charge on any atom is -0.377 e. The molecule has 1 saturated heterocycles. The lowest BCUT2D eigenvalue weighted by Crippen LogP contribution is -1.87. The van der Waals surface area contributed by atoms with E-state index in [0.717, 1.165) is 18.6 Å². The molecular weight excluding hydrogens is 116 g/mol. The predicted molar refractivity (Wildman–Crippen MR) is 34.2 cm³/mol. The van der Waals surface area contributed by atoms with Gasteiger partial charge >= 0.3 is 0 Å². The molecule has 0 bridgehead atoms. The number of carbonyl (C=O) groups excluding carboxylic acids is 1. The zero-order valence-electron chi connectivity index (χ0n) is 5.52. The van der Waals surface area contributed by atoms with Gasteiger partial charge in [0.25, 0.3) is 0 Å². The van der Waals surface area contributed by atoms with Crippen LogP contribution in [0.15, 0.2) is 11.6 Å². The summed E-state index contributed by atoms with van der Waals surface area (Å²) in [5.41, 5.74) is 1.13. The molecule has 0 radical (unpaired) electrons. The van der Waals surface area contributed by atoms with Gasteiger partial charge in [0.15, 0.2) is 5.78 Å². The Morgan fingerprint density at radius 1 is 1.78 bits per heavy atom. The Hall–Kier alpha value is -0.630. The molecule has 2 nitrogen and oxygen atoms in total. The Morgan fingerprint density at radius 3 is 3.00 bits per heavy atom. The van der Waals surface area contributed by atoms with Crippen LogP contribution in [0.2, 0.25) is 0 Å². The number of hydrogen-bond acceptors (Lipinski definition) is 2. The van der Waals surface area contributed by atoms with Crippen LogP contribution < -0.4 is 0 Å². The second-order valence-electron chi connectivity index (χ2n) is 2.22. The SMILES string of the molecule is CC(=O)C=C1CCOC1. The van der Waals surface area contributed by atoms with Crippen LogP contribution in [0, 0.1) is 0 Å². The summed E-state index contributed by atoms with van der Waals surface area (Å²) in [6, 6.07) is 0. The third kappa shape index (κ3) is 1.98. The van der Waals surface area contributed by atoms with Gasteiger partial charge in [-0.2, -0.15) is 0 Å². The number of carbonyl (C=O) groups is 1. The number of hydrogen-bond donors (Lipinski definition) is 0. The zero-order chi connectivity index (χ0) is 6.69. The summed E-state index contributed by atoms with van der Waals surface area (Å²) in [4.78, 5) is 10.5. The highest BCUT2D eigenvalue weighted by Crippen LogP contribution is 2.09. The quantitative estimate of drug-likeness (QED) is 0.488. The second-order valence-corrected chi connectivity index (χ2v) is 2.22. The normalized spacial score (nSPS) is 23.0. The monoisotopic (exact) mass is 126 g/mol. The molecule has 0 saturated carbocycles. The summed E-state index contributed by atoms with van der Waals surface area (Å²) >= 11 is 0. The van der Waals surface area contributed by atoms with Crippen molar-refractivity contribution in [1.82, 2.24) is 0 Å². The van der Waals surface area contributed by atoms with Crippen molar-refractivity contribution in [3.05, 3.63) is 11.6 Å². The van der Waals surface area contributed by atoms with Crippen molar-refractivity contribution in [3.8, 4) is 0 Å². The molecule has 0 spiro atoms. The van der Waals surface area contributed by atoms with Gasteiger partial charge in [-0.3, -0.25) is 4.79 Å². The predicted octanol–water partition coefficient (Wildman–Crippen LogP) is 0.922. The summed E-state index contributed by atoms with van der Waals surface area (Å²) in [5.74, 6) is 0.121. The molecule has 0 aromatic carbocycles. The van der Waals surface area contributed by atoms with Gasteiger partial charge < -0.3 is 4.74 Å². The van der Waals surface area contributed by atoms with E-state index in [1.54, 1.807) is 13.0 Å². The van der Waals surface area contributed by atoms with Gasteiger partial charge in [-0.25, -0.2) is 0 Å². The van der Waals surface area contributed by atoms with Crippen molar-refractivity contribution >= 4 is 5.78 Å². The van der Waals surface area contributed by atoms with Crippen molar-refractivity contribution in [2.24, 2.45) is 0 Å². The minimum atomic E-state index is 0.121. The van der Waals surface area contributed by atoms with E-state index in [1.807, 2.05) is 0 Å². The van der Waals surface area contributed by atoms with Gasteiger partial charge in [0.05, 0.1) is 13.2 Å². The molecule has 1 aliphatic rings. The van der Waals surface area contributed by atoms with E-state index in [2.05, 4.69) is 0 Å². The van der Waals surface area contributed by atoms with E-state index in [-0.39, 0.29) is 5.78 Å². The third-order valence-electron chi connectivity index (χ3n) is 1.26. The molecule has 1 rings (SSSR count). The van der Waals surface area contributed by atoms with Crippen LogP contribution in [-0.4, -0.2) is 19.0 Å². The van der Waals surface area contributed by atoms with Crippen molar-refractivity contribution in [3.63, 3.8) is 0 Å². The molecule has 0 aromatic heterocycles. The van der Waals surface area contributed by atoms with E-state index in [9.17, 15) is 4.79 Å². The van der Waals surface area contributed by atoms with Gasteiger partial charge in [0.1, 0.15) is 0 Å². The maximum atomic E-state index is 10.5. The highest BCUT2D eigenvalue weighted by atomic mass is 16.5. The third-order valence-corrected chi connectivity index (χ3v) is 1.26. The largest absolute Gasteiger partial charge is 0.377 e. The van der Waals surface area contributed by atoms with E-state index in [0.29, 0.717) is 6.61 Å². The molecule has 50 valence electrons. The zero-order valence-corrected chi connectivity index (χ0v) is 5.52. The van der Waals surface area contributed by atoms with Gasteiger partial charge in [0, 0.05) is 0 Å². The Bertz CT molecular complexity index is 139. The van der Waals surface area contributed by atoms with Crippen LogP contribution in [0.1, 0.15) is 13.3 Å². The van der Waals surface area contributed by atoms with E-state index < -0.39 is 0 Å².